The van der Waals surface area contributed by atoms with E-state index >= 15 is 0 Å². The number of rotatable bonds is 8. The summed E-state index contributed by atoms with van der Waals surface area (Å²) in [5.74, 6) is 0. The van der Waals surface area contributed by atoms with Crippen molar-refractivity contribution in [3.05, 3.63) is 29.3 Å². The number of nitrogens with zero attached hydrogens (tertiary/aromatic N) is 1. The number of anilines is 1. The minimum absolute atomic E-state index is 0.339. The molecule has 0 bridgehead atoms. The zero-order valence-electron chi connectivity index (χ0n) is 10.9. The molecule has 1 atom stereocenters. The van der Waals surface area contributed by atoms with E-state index in [2.05, 4.69) is 0 Å². The Hall–Kier alpha value is -2.01. The van der Waals surface area contributed by atoms with Gasteiger partial charge in [0.2, 0.25) is 0 Å². The molecule has 5 nitrogen and oxygen atoms in total. The van der Waals surface area contributed by atoms with Crippen LogP contribution in [0.5, 0.6) is 0 Å². The molecule has 0 radical (unpaired) electrons. The van der Waals surface area contributed by atoms with E-state index in [-0.39, 0.29) is 6.04 Å². The fourth-order valence-corrected chi connectivity index (χ4v) is 1.89. The summed E-state index contributed by atoms with van der Waals surface area (Å²) < 4.78 is 0. The summed E-state index contributed by atoms with van der Waals surface area (Å²) in [4.78, 5) is 34.1. The van der Waals surface area contributed by atoms with Crippen molar-refractivity contribution >= 4 is 24.5 Å². The lowest BCUT2D eigenvalue weighted by Gasteiger charge is -2.23. The van der Waals surface area contributed by atoms with Crippen molar-refractivity contribution in [2.75, 3.05) is 12.8 Å². The maximum absolute atomic E-state index is 11.0. The first-order chi connectivity index (χ1) is 9.12. The second kappa shape index (κ2) is 7.43. The quantitative estimate of drug-likeness (QED) is 0.559. The van der Waals surface area contributed by atoms with Gasteiger partial charge in [0.05, 0.1) is 6.04 Å². The molecule has 0 heterocycles. The van der Waals surface area contributed by atoms with E-state index in [1.807, 2.05) is 0 Å². The van der Waals surface area contributed by atoms with Gasteiger partial charge in [0.15, 0.2) is 0 Å². The van der Waals surface area contributed by atoms with E-state index in [0.29, 0.717) is 30.6 Å². The van der Waals surface area contributed by atoms with Crippen molar-refractivity contribution in [1.82, 2.24) is 4.90 Å². The number of carbonyl (C=O) groups is 3. The fourth-order valence-electron chi connectivity index (χ4n) is 1.89. The number of aldehydes is 3. The van der Waals surface area contributed by atoms with Crippen LogP contribution in [0.2, 0.25) is 0 Å². The van der Waals surface area contributed by atoms with Gasteiger partial charge in [-0.3, -0.25) is 9.69 Å². The minimum atomic E-state index is -0.342. The smallest absolute Gasteiger partial charge is 0.150 e. The van der Waals surface area contributed by atoms with E-state index in [4.69, 9.17) is 5.73 Å². The highest BCUT2D eigenvalue weighted by Crippen LogP contribution is 2.15. The van der Waals surface area contributed by atoms with Crippen LogP contribution in [-0.4, -0.2) is 36.8 Å². The van der Waals surface area contributed by atoms with Crippen molar-refractivity contribution in [3.63, 3.8) is 0 Å². The number of benzene rings is 1. The van der Waals surface area contributed by atoms with Gasteiger partial charge in [0, 0.05) is 24.2 Å². The van der Waals surface area contributed by atoms with Crippen LogP contribution in [0.3, 0.4) is 0 Å². The number of likely N-dealkylation sites (N-methyl/N-ethyl adjacent to an activating group) is 1. The number of nitrogens with two attached hydrogens (primary N) is 1. The SMILES string of the molecule is CN(Cc1cc(N)ccc1C=O)C(C=O)CCC=O. The van der Waals surface area contributed by atoms with Gasteiger partial charge in [0.25, 0.3) is 0 Å². The summed E-state index contributed by atoms with van der Waals surface area (Å²) in [7, 11) is 1.78. The molecular weight excluding hydrogens is 244 g/mol. The summed E-state index contributed by atoms with van der Waals surface area (Å²) in [6, 6.07) is 4.71. The molecule has 0 aliphatic rings. The normalized spacial score (nSPS) is 12.1. The summed E-state index contributed by atoms with van der Waals surface area (Å²) in [6.07, 6.45) is 3.19. The Kier molecular flexibility index (Phi) is 5.89. The van der Waals surface area contributed by atoms with Gasteiger partial charge in [-0.1, -0.05) is 0 Å². The number of hydrogen-bond donors (Lipinski definition) is 1. The van der Waals surface area contributed by atoms with Crippen LogP contribution in [0, 0.1) is 0 Å². The second-order valence-electron chi connectivity index (χ2n) is 4.44. The van der Waals surface area contributed by atoms with Crippen molar-refractivity contribution in [2.24, 2.45) is 0 Å². The average molecular weight is 262 g/mol. The van der Waals surface area contributed by atoms with Crippen LogP contribution >= 0.6 is 0 Å². The molecule has 0 aromatic heterocycles. The number of carbonyl (C=O) groups excluding carboxylic acids is 3. The van der Waals surface area contributed by atoms with Crippen LogP contribution in [0.1, 0.15) is 28.8 Å². The molecule has 0 aliphatic carbocycles. The Bertz CT molecular complexity index is 460. The predicted molar refractivity (Wildman–Crippen MR) is 72.9 cm³/mol. The summed E-state index contributed by atoms with van der Waals surface area (Å²) in [5, 5.41) is 0. The monoisotopic (exact) mass is 262 g/mol. The largest absolute Gasteiger partial charge is 0.399 e. The van der Waals surface area contributed by atoms with E-state index in [1.165, 1.54) is 0 Å². The molecule has 1 aromatic carbocycles. The maximum Gasteiger partial charge on any atom is 0.150 e. The lowest BCUT2D eigenvalue weighted by Crippen LogP contribution is -2.33. The summed E-state index contributed by atoms with van der Waals surface area (Å²) in [6.45, 7) is 0.432. The zero-order chi connectivity index (χ0) is 14.3. The van der Waals surface area contributed by atoms with Gasteiger partial charge in [-0.05, 0) is 37.2 Å². The van der Waals surface area contributed by atoms with Gasteiger partial charge >= 0.3 is 0 Å². The van der Waals surface area contributed by atoms with Crippen molar-refractivity contribution in [1.29, 1.82) is 0 Å². The number of hydrogen-bond acceptors (Lipinski definition) is 5. The Balaban J connectivity index is 2.82. The predicted octanol–water partition coefficient (Wildman–Crippen LogP) is 1.06. The molecule has 19 heavy (non-hydrogen) atoms. The molecule has 5 heteroatoms. The Morgan fingerprint density at radius 3 is 2.63 bits per heavy atom. The van der Waals surface area contributed by atoms with Gasteiger partial charge in [0.1, 0.15) is 18.9 Å². The van der Waals surface area contributed by atoms with Crippen molar-refractivity contribution in [3.8, 4) is 0 Å². The molecule has 1 rings (SSSR count). The zero-order valence-corrected chi connectivity index (χ0v) is 10.9. The molecule has 0 amide bonds. The van der Waals surface area contributed by atoms with Crippen LogP contribution < -0.4 is 5.73 Å². The lowest BCUT2D eigenvalue weighted by atomic mass is 10.1. The Labute approximate surface area is 112 Å². The van der Waals surface area contributed by atoms with Gasteiger partial charge in [-0.15, -0.1) is 0 Å². The first kappa shape index (κ1) is 15.0. The molecule has 0 spiro atoms. The highest BCUT2D eigenvalue weighted by molar-refractivity contribution is 5.78. The second-order valence-corrected chi connectivity index (χ2v) is 4.44. The standard InChI is InChI=1S/C14H18N2O3/c1-16(14(10-19)3-2-6-17)8-12-7-13(15)5-4-11(12)9-18/h4-7,9-10,14H,2-3,8,15H2,1H3. The molecule has 0 saturated heterocycles. The maximum atomic E-state index is 11.0. The van der Waals surface area contributed by atoms with Crippen molar-refractivity contribution in [2.45, 2.75) is 25.4 Å². The Morgan fingerprint density at radius 1 is 1.32 bits per heavy atom. The topological polar surface area (TPSA) is 80.5 Å². The number of nitrogen functional groups attached to an aromatic ring is 1. The third-order valence-corrected chi connectivity index (χ3v) is 3.02. The van der Waals surface area contributed by atoms with Gasteiger partial charge in [-0.2, -0.15) is 0 Å². The van der Waals surface area contributed by atoms with E-state index in [1.54, 1.807) is 30.1 Å². The van der Waals surface area contributed by atoms with Crippen LogP contribution in [-0.2, 0) is 16.1 Å². The fraction of sp³-hybridized carbons (Fsp3) is 0.357. The molecule has 0 aliphatic heterocycles. The van der Waals surface area contributed by atoms with E-state index < -0.39 is 0 Å². The lowest BCUT2D eigenvalue weighted by molar-refractivity contribution is -0.113. The van der Waals surface area contributed by atoms with Crippen LogP contribution in [0.25, 0.3) is 0 Å². The summed E-state index contributed by atoms with van der Waals surface area (Å²) in [5.41, 5.74) is 7.60. The molecule has 1 aromatic rings. The molecule has 0 saturated carbocycles. The first-order valence-electron chi connectivity index (χ1n) is 6.05. The molecule has 0 fully saturated rings. The highest BCUT2D eigenvalue weighted by atomic mass is 16.1. The molecule has 1 unspecified atom stereocenters. The summed E-state index contributed by atoms with van der Waals surface area (Å²) >= 11 is 0. The Morgan fingerprint density at radius 2 is 2.05 bits per heavy atom. The van der Waals surface area contributed by atoms with Crippen molar-refractivity contribution < 1.29 is 14.4 Å². The minimum Gasteiger partial charge on any atom is -0.399 e. The molecule has 102 valence electrons. The molecular formula is C14H18N2O3. The van der Waals surface area contributed by atoms with Gasteiger partial charge < -0.3 is 15.3 Å². The molecule has 2 N–H and O–H groups in total. The van der Waals surface area contributed by atoms with E-state index in [0.717, 1.165) is 24.4 Å². The van der Waals surface area contributed by atoms with Crippen LogP contribution in [0.4, 0.5) is 5.69 Å². The van der Waals surface area contributed by atoms with Gasteiger partial charge in [-0.25, -0.2) is 0 Å². The van der Waals surface area contributed by atoms with Crippen LogP contribution in [0.15, 0.2) is 18.2 Å². The van der Waals surface area contributed by atoms with E-state index in [9.17, 15) is 14.4 Å². The first-order valence-corrected chi connectivity index (χ1v) is 6.05. The average Bonchev–Trinajstić information content (AvgIpc) is 2.40. The third kappa shape index (κ3) is 4.30. The highest BCUT2D eigenvalue weighted by Gasteiger charge is 2.15. The third-order valence-electron chi connectivity index (χ3n) is 3.02.